The van der Waals surface area contributed by atoms with Crippen LogP contribution < -0.4 is 0 Å². The van der Waals surface area contributed by atoms with Gasteiger partial charge in [0.1, 0.15) is 48.8 Å². The summed E-state index contributed by atoms with van der Waals surface area (Å²) in [6.45, 7) is 7.95. The van der Waals surface area contributed by atoms with Gasteiger partial charge in [0.05, 0.1) is 43.7 Å². The third-order valence-corrected chi connectivity index (χ3v) is 16.4. The molecule has 0 aromatic carbocycles. The smallest absolute Gasteiger partial charge is 0.186 e. The maximum absolute atomic E-state index is 11.9. The molecule has 0 amide bonds. The lowest BCUT2D eigenvalue weighted by Gasteiger charge is -2.62. The van der Waals surface area contributed by atoms with Crippen molar-refractivity contribution >= 4 is 0 Å². The van der Waals surface area contributed by atoms with Gasteiger partial charge in [0, 0.05) is 18.8 Å². The van der Waals surface area contributed by atoms with Crippen LogP contribution in [-0.4, -0.2) is 157 Å². The van der Waals surface area contributed by atoms with Gasteiger partial charge < -0.3 is 74.4 Å². The average Bonchev–Trinajstić information content (AvgIpc) is 3.74. The first-order valence-electron chi connectivity index (χ1n) is 20.4. The van der Waals surface area contributed by atoms with Gasteiger partial charge in [-0.05, 0) is 92.3 Å². The number of fused-ring (bicyclic) bond motifs is 7. The van der Waals surface area contributed by atoms with Gasteiger partial charge in [0.15, 0.2) is 18.4 Å². The molecule has 8 fully saturated rings. The van der Waals surface area contributed by atoms with E-state index < -0.39 is 98.2 Å². The normalized spacial score (nSPS) is 59.8. The van der Waals surface area contributed by atoms with Gasteiger partial charge in [-0.25, -0.2) is 0 Å². The molecule has 4 saturated carbocycles. The van der Waals surface area contributed by atoms with Crippen molar-refractivity contribution in [2.24, 2.45) is 46.3 Å². The van der Waals surface area contributed by atoms with Crippen LogP contribution in [-0.2, 0) is 28.4 Å². The quantitative estimate of drug-likeness (QED) is 0.149. The lowest BCUT2D eigenvalue weighted by Crippen LogP contribution is -2.62. The lowest BCUT2D eigenvalue weighted by atomic mass is 9.43. The summed E-state index contributed by atoms with van der Waals surface area (Å²) in [6, 6.07) is 0. The molecule has 23 atom stereocenters. The Kier molecular flexibility index (Phi) is 10.6. The molecule has 4 heterocycles. The predicted octanol–water partition coefficient (Wildman–Crippen LogP) is -0.472. The van der Waals surface area contributed by atoms with E-state index in [1.54, 1.807) is 0 Å². The molecule has 0 aromatic heterocycles. The number of hydrogen-bond donors (Lipinski definition) is 9. The summed E-state index contributed by atoms with van der Waals surface area (Å²) in [5.41, 5.74) is -0.998. The predicted molar refractivity (Wildman–Crippen MR) is 186 cm³/mol. The monoisotopic (exact) mass is 772 g/mol. The van der Waals surface area contributed by atoms with Crippen molar-refractivity contribution in [1.29, 1.82) is 0 Å². The van der Waals surface area contributed by atoms with E-state index in [1.807, 2.05) is 6.92 Å². The Morgan fingerprint density at radius 3 is 2.00 bits per heavy atom. The van der Waals surface area contributed by atoms with E-state index in [1.165, 1.54) is 0 Å². The highest BCUT2D eigenvalue weighted by atomic mass is 16.7. The third kappa shape index (κ3) is 6.09. The van der Waals surface area contributed by atoms with E-state index in [0.717, 1.165) is 32.1 Å². The molecule has 15 heteroatoms. The molecule has 0 bridgehead atoms. The SMILES string of the molecule is C[C@H]1[C@H]2[C@H](C[C@H]3[C@@H]4CC[C@@H]5C[C@H](O[C@@H]6O[C@H](CO)[C@@H](O)[C@H](O)[C@H]6O)C[C@@H](O)[C@]5(C)[C@H]4CC[C@]23C)O[C@]12CC[C@@](C)(CO[C@@H]1O[C@H](CO)[C@@H](O)[C@H](O)[C@H]1O)O2. The molecule has 54 heavy (non-hydrogen) atoms. The Labute approximate surface area is 316 Å². The molecule has 0 unspecified atom stereocenters. The lowest BCUT2D eigenvalue weighted by molar-refractivity contribution is -0.320. The molecule has 4 aliphatic carbocycles. The highest BCUT2D eigenvalue weighted by molar-refractivity contribution is 5.17. The first kappa shape index (κ1) is 40.2. The molecular formula is C39H64O15. The van der Waals surface area contributed by atoms with Crippen LogP contribution in [0.15, 0.2) is 0 Å². The largest absolute Gasteiger partial charge is 0.394 e. The number of ether oxygens (including phenoxy) is 6. The van der Waals surface area contributed by atoms with Crippen molar-refractivity contribution in [3.63, 3.8) is 0 Å². The third-order valence-electron chi connectivity index (χ3n) is 16.4. The van der Waals surface area contributed by atoms with Crippen molar-refractivity contribution in [3.05, 3.63) is 0 Å². The Morgan fingerprint density at radius 2 is 1.33 bits per heavy atom. The van der Waals surface area contributed by atoms with Crippen molar-refractivity contribution in [1.82, 2.24) is 0 Å². The molecule has 0 radical (unpaired) electrons. The van der Waals surface area contributed by atoms with E-state index >= 15 is 0 Å². The number of rotatable bonds is 7. The highest BCUT2D eigenvalue weighted by Crippen LogP contribution is 2.72. The standard InChI is InChI=1S/C39H64O15/c1-17-27-23(53-39(17)10-9-36(2,54-39)16-49-34-32(47)30(45)28(43)24(14-40)51-34)13-22-20-6-5-18-11-19(50-35-33(48)31(46)29(44)25(15-41)52-35)12-26(42)38(18,4)21(20)7-8-37(22,27)3/h17-35,40-48H,5-16H2,1-4H3/t17-,18+,19-,20+,21-,22-,23-,24+,25+,26+,27-,28+,29+,30-,31-,32+,33+,34+,35+,36-,37-,38-,39-/m0/s1. The molecule has 1 spiro atoms. The Morgan fingerprint density at radius 1 is 0.685 bits per heavy atom. The van der Waals surface area contributed by atoms with Crippen LogP contribution in [0.2, 0.25) is 0 Å². The summed E-state index contributed by atoms with van der Waals surface area (Å²) < 4.78 is 37.2. The minimum Gasteiger partial charge on any atom is -0.394 e. The van der Waals surface area contributed by atoms with E-state index in [-0.39, 0.29) is 35.4 Å². The van der Waals surface area contributed by atoms with E-state index in [2.05, 4.69) is 20.8 Å². The molecular weight excluding hydrogens is 708 g/mol. The molecule has 15 nitrogen and oxygen atoms in total. The van der Waals surface area contributed by atoms with Gasteiger partial charge in [-0.15, -0.1) is 0 Å². The molecule has 0 aromatic rings. The van der Waals surface area contributed by atoms with Gasteiger partial charge in [-0.1, -0.05) is 20.8 Å². The summed E-state index contributed by atoms with van der Waals surface area (Å²) in [5.74, 6) is 1.09. The fourth-order valence-corrected chi connectivity index (χ4v) is 13.4. The molecule has 8 rings (SSSR count). The Balaban J connectivity index is 0.910. The Bertz CT molecular complexity index is 1350. The minimum atomic E-state index is -1.51. The fraction of sp³-hybridized carbons (Fsp3) is 1.00. The first-order chi connectivity index (χ1) is 25.5. The number of aliphatic hydroxyl groups is 9. The van der Waals surface area contributed by atoms with E-state index in [9.17, 15) is 46.0 Å². The average molecular weight is 773 g/mol. The fourth-order valence-electron chi connectivity index (χ4n) is 13.4. The zero-order valence-corrected chi connectivity index (χ0v) is 31.9. The minimum absolute atomic E-state index is 0.0422. The van der Waals surface area contributed by atoms with Crippen LogP contribution in [0, 0.1) is 46.3 Å². The highest BCUT2D eigenvalue weighted by Gasteiger charge is 2.71. The second-order valence-corrected chi connectivity index (χ2v) is 19.1. The molecule has 8 aliphatic rings. The van der Waals surface area contributed by atoms with Gasteiger partial charge in [0.25, 0.3) is 0 Å². The van der Waals surface area contributed by atoms with Gasteiger partial charge in [-0.2, -0.15) is 0 Å². The van der Waals surface area contributed by atoms with Gasteiger partial charge in [-0.3, -0.25) is 0 Å². The second kappa shape index (κ2) is 14.3. The summed E-state index contributed by atoms with van der Waals surface area (Å²) in [4.78, 5) is 0. The van der Waals surface area contributed by atoms with Gasteiger partial charge >= 0.3 is 0 Å². The summed E-state index contributed by atoms with van der Waals surface area (Å²) in [6.07, 6.45) is -7.01. The zero-order valence-electron chi connectivity index (χ0n) is 31.9. The number of hydrogen-bond acceptors (Lipinski definition) is 15. The van der Waals surface area contributed by atoms with Crippen LogP contribution in [0.4, 0.5) is 0 Å². The van der Waals surface area contributed by atoms with Crippen LogP contribution in [0.3, 0.4) is 0 Å². The van der Waals surface area contributed by atoms with E-state index in [0.29, 0.717) is 49.4 Å². The second-order valence-electron chi connectivity index (χ2n) is 19.1. The molecule has 4 saturated heterocycles. The van der Waals surface area contributed by atoms with Crippen molar-refractivity contribution < 1.29 is 74.4 Å². The summed E-state index contributed by atoms with van der Waals surface area (Å²) >= 11 is 0. The molecule has 4 aliphatic heterocycles. The summed E-state index contributed by atoms with van der Waals surface area (Å²) in [7, 11) is 0. The van der Waals surface area contributed by atoms with Crippen molar-refractivity contribution in [3.8, 4) is 0 Å². The van der Waals surface area contributed by atoms with Crippen molar-refractivity contribution in [2.45, 2.75) is 177 Å². The van der Waals surface area contributed by atoms with Crippen LogP contribution in [0.5, 0.6) is 0 Å². The van der Waals surface area contributed by atoms with Crippen LogP contribution >= 0.6 is 0 Å². The molecule has 9 N–H and O–H groups in total. The van der Waals surface area contributed by atoms with Crippen molar-refractivity contribution in [2.75, 3.05) is 19.8 Å². The zero-order chi connectivity index (χ0) is 38.7. The Hall–Kier alpha value is -0.600. The van der Waals surface area contributed by atoms with Crippen LogP contribution in [0.1, 0.15) is 85.5 Å². The summed E-state index contributed by atoms with van der Waals surface area (Å²) in [5, 5.41) is 93.1. The van der Waals surface area contributed by atoms with Gasteiger partial charge in [0.2, 0.25) is 0 Å². The topological polar surface area (TPSA) is 237 Å². The maximum atomic E-state index is 11.9. The maximum Gasteiger partial charge on any atom is 0.186 e. The first-order valence-corrected chi connectivity index (χ1v) is 20.4. The number of aliphatic hydroxyl groups excluding tert-OH is 9. The van der Waals surface area contributed by atoms with E-state index in [4.69, 9.17) is 28.4 Å². The van der Waals surface area contributed by atoms with Crippen LogP contribution in [0.25, 0.3) is 0 Å². The molecule has 310 valence electrons.